The summed E-state index contributed by atoms with van der Waals surface area (Å²) < 4.78 is 31.0. The van der Waals surface area contributed by atoms with Gasteiger partial charge in [-0.2, -0.15) is 0 Å². The average molecular weight is 206 g/mol. The molecule has 0 aromatic rings. The highest BCUT2D eigenvalue weighted by Crippen LogP contribution is 2.42. The molecule has 0 heterocycles. The van der Waals surface area contributed by atoms with Crippen LogP contribution in [0.3, 0.4) is 0 Å². The molecule has 0 atom stereocenters. The summed E-state index contributed by atoms with van der Waals surface area (Å²) in [6, 6.07) is 0. The molecule has 0 aliphatic heterocycles. The van der Waals surface area contributed by atoms with Crippen molar-refractivity contribution in [2.24, 2.45) is 0 Å². The van der Waals surface area contributed by atoms with Crippen LogP contribution in [0.1, 0.15) is 38.5 Å². The van der Waals surface area contributed by atoms with Gasteiger partial charge in [0.2, 0.25) is 5.92 Å². The predicted octanol–water partition coefficient (Wildman–Crippen LogP) is 2.56. The first-order valence-corrected chi connectivity index (χ1v) is 4.90. The number of halogens is 2. The van der Waals surface area contributed by atoms with E-state index >= 15 is 0 Å². The molecule has 1 aliphatic carbocycles. The fourth-order valence-electron chi connectivity index (χ4n) is 1.95. The van der Waals surface area contributed by atoms with Gasteiger partial charge in [0.05, 0.1) is 5.60 Å². The molecule has 1 saturated carbocycles. The number of carbonyl (C=O) groups is 1. The summed E-state index contributed by atoms with van der Waals surface area (Å²) in [7, 11) is 1.54. The third kappa shape index (κ3) is 2.74. The van der Waals surface area contributed by atoms with Crippen molar-refractivity contribution in [2.75, 3.05) is 7.11 Å². The predicted molar refractivity (Wildman–Crippen MR) is 48.5 cm³/mol. The number of hydrogen-bond acceptors (Lipinski definition) is 2. The molecule has 14 heavy (non-hydrogen) atoms. The normalized spacial score (nSPS) is 24.5. The first kappa shape index (κ1) is 11.6. The highest BCUT2D eigenvalue weighted by Gasteiger charge is 2.43. The van der Waals surface area contributed by atoms with Crippen LogP contribution in [-0.2, 0) is 9.53 Å². The first-order valence-electron chi connectivity index (χ1n) is 4.90. The van der Waals surface area contributed by atoms with Gasteiger partial charge in [-0.15, -0.1) is 0 Å². The summed E-state index contributed by atoms with van der Waals surface area (Å²) >= 11 is 0. The standard InChI is InChI=1S/C10H16F2O2/c1-14-9(3-2-8-13)4-6-10(11,12)7-5-9/h8H,2-7H2,1H3. The summed E-state index contributed by atoms with van der Waals surface area (Å²) in [5.41, 5.74) is -0.484. The van der Waals surface area contributed by atoms with Crippen LogP contribution in [0.15, 0.2) is 0 Å². The summed E-state index contributed by atoms with van der Waals surface area (Å²) in [5.74, 6) is -2.54. The topological polar surface area (TPSA) is 26.3 Å². The van der Waals surface area contributed by atoms with Gasteiger partial charge >= 0.3 is 0 Å². The van der Waals surface area contributed by atoms with Gasteiger partial charge in [0.1, 0.15) is 6.29 Å². The molecule has 2 nitrogen and oxygen atoms in total. The summed E-state index contributed by atoms with van der Waals surface area (Å²) in [4.78, 5) is 10.2. The molecule has 0 saturated heterocycles. The van der Waals surface area contributed by atoms with Crippen LogP contribution in [-0.4, -0.2) is 24.9 Å². The second kappa shape index (κ2) is 4.34. The molecule has 1 fully saturated rings. The van der Waals surface area contributed by atoms with E-state index in [1.807, 2.05) is 0 Å². The molecule has 1 rings (SSSR count). The van der Waals surface area contributed by atoms with Crippen LogP contribution >= 0.6 is 0 Å². The second-order valence-corrected chi connectivity index (χ2v) is 3.95. The number of ether oxygens (including phenoxy) is 1. The minimum Gasteiger partial charge on any atom is -0.378 e. The largest absolute Gasteiger partial charge is 0.378 e. The maximum atomic E-state index is 12.9. The highest BCUT2D eigenvalue weighted by molar-refractivity contribution is 5.49. The zero-order valence-electron chi connectivity index (χ0n) is 8.39. The van der Waals surface area contributed by atoms with Gasteiger partial charge in [-0.1, -0.05) is 0 Å². The van der Waals surface area contributed by atoms with Crippen molar-refractivity contribution in [2.45, 2.75) is 50.0 Å². The Morgan fingerprint density at radius 2 is 1.86 bits per heavy atom. The van der Waals surface area contributed by atoms with E-state index in [0.717, 1.165) is 6.29 Å². The number of carbonyl (C=O) groups excluding carboxylic acids is 1. The summed E-state index contributed by atoms with van der Waals surface area (Å²) in [6.07, 6.45) is 2.21. The van der Waals surface area contributed by atoms with E-state index in [1.54, 1.807) is 0 Å². The van der Waals surface area contributed by atoms with Crippen LogP contribution in [0.5, 0.6) is 0 Å². The van der Waals surface area contributed by atoms with E-state index in [1.165, 1.54) is 7.11 Å². The quantitative estimate of drug-likeness (QED) is 0.661. The molecule has 0 aromatic carbocycles. The van der Waals surface area contributed by atoms with Crippen molar-refractivity contribution in [3.05, 3.63) is 0 Å². The molecular formula is C10H16F2O2. The third-order valence-corrected chi connectivity index (χ3v) is 3.04. The van der Waals surface area contributed by atoms with Crippen LogP contribution in [0.2, 0.25) is 0 Å². The van der Waals surface area contributed by atoms with E-state index in [2.05, 4.69) is 0 Å². The Balaban J connectivity index is 2.52. The fourth-order valence-corrected chi connectivity index (χ4v) is 1.95. The summed E-state index contributed by atoms with van der Waals surface area (Å²) in [5, 5.41) is 0. The van der Waals surface area contributed by atoms with Crippen LogP contribution in [0, 0.1) is 0 Å². The molecule has 0 radical (unpaired) electrons. The lowest BCUT2D eigenvalue weighted by Gasteiger charge is -2.38. The van der Waals surface area contributed by atoms with Gasteiger partial charge in [-0.05, 0) is 19.3 Å². The highest BCUT2D eigenvalue weighted by atomic mass is 19.3. The number of rotatable bonds is 4. The summed E-state index contributed by atoms with van der Waals surface area (Å²) in [6.45, 7) is 0. The Morgan fingerprint density at radius 3 is 2.29 bits per heavy atom. The molecule has 0 unspecified atom stereocenters. The number of alkyl halides is 2. The lowest BCUT2D eigenvalue weighted by Crippen LogP contribution is -2.40. The Hall–Kier alpha value is -0.510. The Kier molecular flexibility index (Phi) is 3.59. The molecular weight excluding hydrogens is 190 g/mol. The zero-order valence-corrected chi connectivity index (χ0v) is 8.39. The minimum absolute atomic E-state index is 0.125. The Labute approximate surface area is 82.6 Å². The van der Waals surface area contributed by atoms with Crippen molar-refractivity contribution >= 4 is 6.29 Å². The minimum atomic E-state index is -2.54. The van der Waals surface area contributed by atoms with Crippen LogP contribution in [0.4, 0.5) is 8.78 Å². The average Bonchev–Trinajstić information content (AvgIpc) is 2.18. The van der Waals surface area contributed by atoms with Gasteiger partial charge in [-0.3, -0.25) is 0 Å². The van der Waals surface area contributed by atoms with Crippen molar-refractivity contribution in [3.63, 3.8) is 0 Å². The number of methoxy groups -OCH3 is 1. The van der Waals surface area contributed by atoms with E-state index in [4.69, 9.17) is 4.74 Å². The van der Waals surface area contributed by atoms with Crippen molar-refractivity contribution in [3.8, 4) is 0 Å². The molecule has 82 valence electrons. The molecule has 4 heteroatoms. The third-order valence-electron chi connectivity index (χ3n) is 3.04. The maximum absolute atomic E-state index is 12.9. The van der Waals surface area contributed by atoms with E-state index in [9.17, 15) is 13.6 Å². The molecule has 1 aliphatic rings. The van der Waals surface area contributed by atoms with Gasteiger partial charge < -0.3 is 9.53 Å². The van der Waals surface area contributed by atoms with E-state index in [-0.39, 0.29) is 12.8 Å². The molecule has 0 amide bonds. The van der Waals surface area contributed by atoms with E-state index in [0.29, 0.717) is 25.7 Å². The Bertz CT molecular complexity index is 194. The van der Waals surface area contributed by atoms with Gasteiger partial charge in [0, 0.05) is 26.4 Å². The van der Waals surface area contributed by atoms with E-state index < -0.39 is 11.5 Å². The molecule has 0 spiro atoms. The smallest absolute Gasteiger partial charge is 0.248 e. The number of hydrogen-bond donors (Lipinski definition) is 0. The first-order chi connectivity index (χ1) is 6.54. The SMILES string of the molecule is COC1(CCC=O)CCC(F)(F)CC1. The van der Waals surface area contributed by atoms with Crippen LogP contribution < -0.4 is 0 Å². The fraction of sp³-hybridized carbons (Fsp3) is 0.900. The molecule has 0 aromatic heterocycles. The van der Waals surface area contributed by atoms with Gasteiger partial charge in [0.25, 0.3) is 0 Å². The van der Waals surface area contributed by atoms with Crippen molar-refractivity contribution in [1.29, 1.82) is 0 Å². The maximum Gasteiger partial charge on any atom is 0.248 e. The zero-order chi connectivity index (χ0) is 10.7. The molecule has 0 N–H and O–H groups in total. The lowest BCUT2D eigenvalue weighted by molar-refractivity contribution is -0.125. The van der Waals surface area contributed by atoms with Crippen LogP contribution in [0.25, 0.3) is 0 Å². The lowest BCUT2D eigenvalue weighted by atomic mass is 9.80. The van der Waals surface area contributed by atoms with Crippen molar-refractivity contribution < 1.29 is 18.3 Å². The monoisotopic (exact) mass is 206 g/mol. The second-order valence-electron chi connectivity index (χ2n) is 3.95. The van der Waals surface area contributed by atoms with Gasteiger partial charge in [-0.25, -0.2) is 8.78 Å². The molecule has 0 bridgehead atoms. The number of aldehydes is 1. The van der Waals surface area contributed by atoms with Crippen molar-refractivity contribution in [1.82, 2.24) is 0 Å². The Morgan fingerprint density at radius 1 is 1.29 bits per heavy atom. The van der Waals surface area contributed by atoms with Gasteiger partial charge in [0.15, 0.2) is 0 Å².